The predicted octanol–water partition coefficient (Wildman–Crippen LogP) is 4.11. The van der Waals surface area contributed by atoms with E-state index in [4.69, 9.17) is 32.7 Å². The van der Waals surface area contributed by atoms with Crippen LogP contribution in [-0.4, -0.2) is 25.0 Å². The number of halogens is 2. The van der Waals surface area contributed by atoms with E-state index in [1.54, 1.807) is 26.4 Å². The molecule has 1 amide bonds. The fraction of sp³-hybridized carbons (Fsp3) is 0.188. The second-order valence-corrected chi connectivity index (χ2v) is 5.50. The summed E-state index contributed by atoms with van der Waals surface area (Å²) in [5.74, 6) is 0.873. The molecule has 0 aliphatic heterocycles. The fourth-order valence-electron chi connectivity index (χ4n) is 2.08. The van der Waals surface area contributed by atoms with Gasteiger partial charge in [0.1, 0.15) is 11.5 Å². The van der Waals surface area contributed by atoms with E-state index < -0.39 is 10.7 Å². The summed E-state index contributed by atoms with van der Waals surface area (Å²) in [6.45, 7) is 0. The molecule has 0 atom stereocenters. The molecule has 0 aromatic heterocycles. The van der Waals surface area contributed by atoms with Gasteiger partial charge >= 0.3 is 0 Å². The first-order valence-corrected chi connectivity index (χ1v) is 7.34. The molecule has 0 radical (unpaired) electrons. The molecule has 1 N–H and O–H groups in total. The Morgan fingerprint density at radius 3 is 2.18 bits per heavy atom. The van der Waals surface area contributed by atoms with Gasteiger partial charge in [0.05, 0.1) is 19.8 Å². The van der Waals surface area contributed by atoms with Crippen LogP contribution in [0.3, 0.4) is 0 Å². The van der Waals surface area contributed by atoms with Crippen LogP contribution >= 0.6 is 23.2 Å². The molecule has 116 valence electrons. The summed E-state index contributed by atoms with van der Waals surface area (Å²) in [5.41, 5.74) is 2.23. The lowest BCUT2D eigenvalue weighted by molar-refractivity contribution is -0.114. The monoisotopic (exact) mass is 339 g/mol. The average molecular weight is 340 g/mol. The van der Waals surface area contributed by atoms with Crippen molar-refractivity contribution in [2.45, 2.75) is 4.84 Å². The second-order valence-electron chi connectivity index (χ2n) is 4.41. The zero-order valence-electron chi connectivity index (χ0n) is 12.1. The number of rotatable bonds is 5. The quantitative estimate of drug-likeness (QED) is 0.833. The minimum Gasteiger partial charge on any atom is -0.496 e. The van der Waals surface area contributed by atoms with Gasteiger partial charge in [-0.05, 0) is 29.8 Å². The van der Waals surface area contributed by atoms with Gasteiger partial charge < -0.3 is 14.8 Å². The Balaban J connectivity index is 2.44. The zero-order chi connectivity index (χ0) is 16.1. The number of anilines is 1. The molecule has 2 aromatic rings. The van der Waals surface area contributed by atoms with E-state index in [1.165, 1.54) is 0 Å². The number of ether oxygens (including phenoxy) is 2. The molecule has 22 heavy (non-hydrogen) atoms. The molecule has 0 fully saturated rings. The Kier molecular flexibility index (Phi) is 5.52. The number of methoxy groups -OCH3 is 2. The number of carbonyl (C=O) groups is 1. The third-order valence-electron chi connectivity index (χ3n) is 3.04. The SMILES string of the molecule is COc1cccc(OC)c1-c1cccc(NC(=O)C(Cl)Cl)c1. The predicted molar refractivity (Wildman–Crippen MR) is 89.1 cm³/mol. The van der Waals surface area contributed by atoms with Gasteiger partial charge in [-0.3, -0.25) is 4.79 Å². The van der Waals surface area contributed by atoms with Crippen LogP contribution in [0.2, 0.25) is 0 Å². The average Bonchev–Trinajstić information content (AvgIpc) is 2.54. The van der Waals surface area contributed by atoms with Gasteiger partial charge in [-0.25, -0.2) is 0 Å². The van der Waals surface area contributed by atoms with Gasteiger partial charge in [-0.1, -0.05) is 41.4 Å². The van der Waals surface area contributed by atoms with Crippen molar-refractivity contribution in [2.75, 3.05) is 19.5 Å². The zero-order valence-corrected chi connectivity index (χ0v) is 13.6. The van der Waals surface area contributed by atoms with Crippen molar-refractivity contribution in [1.29, 1.82) is 0 Å². The number of hydrogen-bond donors (Lipinski definition) is 1. The van der Waals surface area contributed by atoms with Crippen LogP contribution in [0.1, 0.15) is 0 Å². The molecule has 0 heterocycles. The highest BCUT2D eigenvalue weighted by atomic mass is 35.5. The first-order valence-electron chi connectivity index (χ1n) is 6.47. The summed E-state index contributed by atoms with van der Waals surface area (Å²) in [5, 5.41) is 2.64. The van der Waals surface area contributed by atoms with Crippen LogP contribution in [-0.2, 0) is 4.79 Å². The van der Waals surface area contributed by atoms with Crippen molar-refractivity contribution in [2.24, 2.45) is 0 Å². The summed E-state index contributed by atoms with van der Waals surface area (Å²) in [6, 6.07) is 12.8. The van der Waals surface area contributed by atoms with Gasteiger partial charge in [-0.2, -0.15) is 0 Å². The first-order chi connectivity index (χ1) is 10.6. The summed E-state index contributed by atoms with van der Waals surface area (Å²) in [6.07, 6.45) is 0. The van der Waals surface area contributed by atoms with E-state index in [-0.39, 0.29) is 0 Å². The topological polar surface area (TPSA) is 47.6 Å². The van der Waals surface area contributed by atoms with Gasteiger partial charge in [0.25, 0.3) is 5.91 Å². The standard InChI is InChI=1S/C16H15Cl2NO3/c1-21-12-7-4-8-13(22-2)14(12)10-5-3-6-11(9-10)19-16(20)15(17)18/h3-9,15H,1-2H3,(H,19,20). The molecule has 0 spiro atoms. The maximum atomic E-state index is 11.6. The highest BCUT2D eigenvalue weighted by Crippen LogP contribution is 2.38. The Bertz CT molecular complexity index is 652. The molecule has 2 rings (SSSR count). The maximum absolute atomic E-state index is 11.6. The van der Waals surface area contributed by atoms with Crippen LogP contribution in [0.15, 0.2) is 42.5 Å². The molecule has 0 unspecified atom stereocenters. The van der Waals surface area contributed by atoms with Crippen LogP contribution in [0.5, 0.6) is 11.5 Å². The molecular formula is C16H15Cl2NO3. The van der Waals surface area contributed by atoms with E-state index in [9.17, 15) is 4.79 Å². The molecule has 6 heteroatoms. The maximum Gasteiger partial charge on any atom is 0.257 e. The third kappa shape index (κ3) is 3.64. The lowest BCUT2D eigenvalue weighted by atomic mass is 10.0. The molecule has 0 bridgehead atoms. The second kappa shape index (κ2) is 7.38. The van der Waals surface area contributed by atoms with Crippen molar-refractivity contribution in [3.8, 4) is 22.6 Å². The van der Waals surface area contributed by atoms with Crippen molar-refractivity contribution in [3.63, 3.8) is 0 Å². The van der Waals surface area contributed by atoms with Crippen LogP contribution in [0.25, 0.3) is 11.1 Å². The number of alkyl halides is 2. The van der Waals surface area contributed by atoms with E-state index >= 15 is 0 Å². The minimum atomic E-state index is -1.12. The number of hydrogen-bond acceptors (Lipinski definition) is 3. The molecule has 0 aliphatic rings. The van der Waals surface area contributed by atoms with Crippen LogP contribution in [0.4, 0.5) is 5.69 Å². The van der Waals surface area contributed by atoms with Crippen molar-refractivity contribution in [3.05, 3.63) is 42.5 Å². The van der Waals surface area contributed by atoms with Crippen LogP contribution in [0, 0.1) is 0 Å². The van der Waals surface area contributed by atoms with Gasteiger partial charge in [0, 0.05) is 5.69 Å². The highest BCUT2D eigenvalue weighted by Gasteiger charge is 2.15. The number of nitrogens with one attached hydrogen (secondary N) is 1. The molecule has 2 aromatic carbocycles. The first kappa shape index (κ1) is 16.5. The molecule has 0 aliphatic carbocycles. The van der Waals surface area contributed by atoms with E-state index in [0.717, 1.165) is 11.1 Å². The lowest BCUT2D eigenvalue weighted by Crippen LogP contribution is -2.18. The van der Waals surface area contributed by atoms with Crippen LogP contribution < -0.4 is 14.8 Å². The smallest absolute Gasteiger partial charge is 0.257 e. The fourth-order valence-corrected chi connectivity index (χ4v) is 2.19. The molecular weight excluding hydrogens is 325 g/mol. The largest absolute Gasteiger partial charge is 0.496 e. The summed E-state index contributed by atoms with van der Waals surface area (Å²) >= 11 is 11.1. The van der Waals surface area contributed by atoms with Gasteiger partial charge in [-0.15, -0.1) is 0 Å². The summed E-state index contributed by atoms with van der Waals surface area (Å²) in [7, 11) is 3.19. The van der Waals surface area contributed by atoms with Gasteiger partial charge in [0.2, 0.25) is 0 Å². The normalized spacial score (nSPS) is 10.4. The molecule has 0 saturated heterocycles. The van der Waals surface area contributed by atoms with Crippen molar-refractivity contribution >= 4 is 34.8 Å². The summed E-state index contributed by atoms with van der Waals surface area (Å²) in [4.78, 5) is 10.5. The summed E-state index contributed by atoms with van der Waals surface area (Å²) < 4.78 is 10.8. The molecule has 0 saturated carbocycles. The third-order valence-corrected chi connectivity index (χ3v) is 3.44. The lowest BCUT2D eigenvalue weighted by Gasteiger charge is -2.14. The van der Waals surface area contributed by atoms with E-state index in [2.05, 4.69) is 5.32 Å². The van der Waals surface area contributed by atoms with Crippen molar-refractivity contribution in [1.82, 2.24) is 0 Å². The number of benzene rings is 2. The number of carbonyl (C=O) groups excluding carboxylic acids is 1. The Morgan fingerprint density at radius 2 is 1.64 bits per heavy atom. The van der Waals surface area contributed by atoms with Crippen molar-refractivity contribution < 1.29 is 14.3 Å². The Labute approximate surface area is 138 Å². The van der Waals surface area contributed by atoms with E-state index in [1.807, 2.05) is 30.3 Å². The minimum absolute atomic E-state index is 0.479. The van der Waals surface area contributed by atoms with Gasteiger partial charge in [0.15, 0.2) is 4.84 Å². The Hall–Kier alpha value is -1.91. The number of amides is 1. The Morgan fingerprint density at radius 1 is 1.05 bits per heavy atom. The van der Waals surface area contributed by atoms with E-state index in [0.29, 0.717) is 17.2 Å². The highest BCUT2D eigenvalue weighted by molar-refractivity contribution is 6.54. The molecule has 4 nitrogen and oxygen atoms in total.